The van der Waals surface area contributed by atoms with Crippen LogP contribution in [-0.2, 0) is 0 Å². The van der Waals surface area contributed by atoms with Crippen molar-refractivity contribution < 1.29 is 9.90 Å². The van der Waals surface area contributed by atoms with E-state index in [1.54, 1.807) is 38.1 Å². The number of Topliss-reactive ketones (excluding diaryl/α,β-unsaturated/α-hetero) is 1. The van der Waals surface area contributed by atoms with Gasteiger partial charge in [-0.15, -0.1) is 6.42 Å². The molecule has 1 N–H and O–H groups in total. The van der Waals surface area contributed by atoms with Gasteiger partial charge in [0.1, 0.15) is 22.9 Å². The highest BCUT2D eigenvalue weighted by molar-refractivity contribution is 6.39. The molecule has 1 aliphatic carbocycles. The van der Waals surface area contributed by atoms with Crippen molar-refractivity contribution in [1.82, 2.24) is 0 Å². The summed E-state index contributed by atoms with van der Waals surface area (Å²) in [6.45, 7) is 3.29. The number of terminal acetylenes is 1. The third-order valence-electron chi connectivity index (χ3n) is 2.98. The second-order valence-electron chi connectivity index (χ2n) is 4.87. The molecule has 0 spiro atoms. The van der Waals surface area contributed by atoms with Gasteiger partial charge in [0.25, 0.3) is 0 Å². The third-order valence-corrected chi connectivity index (χ3v) is 2.98. The van der Waals surface area contributed by atoms with E-state index in [2.05, 4.69) is 10.9 Å². The Bertz CT molecular complexity index is 740. The SMILES string of the molecule is C#CC(C)(C)N=C(C#N)C1=C(O)c2ccccc2C1=O. The number of aliphatic imine (C=N–C) groups is 1. The molecule has 98 valence electrons. The largest absolute Gasteiger partial charge is 0.506 e. The molecular formula is C16H12N2O2. The van der Waals surface area contributed by atoms with E-state index in [0.29, 0.717) is 11.1 Å². The van der Waals surface area contributed by atoms with Gasteiger partial charge in [-0.25, -0.2) is 0 Å². The van der Waals surface area contributed by atoms with E-state index >= 15 is 0 Å². The Hall–Kier alpha value is -2.85. The molecule has 0 amide bonds. The van der Waals surface area contributed by atoms with Crippen LogP contribution in [0.1, 0.15) is 29.8 Å². The predicted octanol–water partition coefficient (Wildman–Crippen LogP) is 2.53. The molecule has 0 aromatic heterocycles. The Morgan fingerprint density at radius 2 is 1.95 bits per heavy atom. The number of ketones is 1. The number of hydrogen-bond donors (Lipinski definition) is 1. The Balaban J connectivity index is 2.61. The van der Waals surface area contributed by atoms with Crippen LogP contribution < -0.4 is 0 Å². The van der Waals surface area contributed by atoms with Crippen molar-refractivity contribution in [3.05, 3.63) is 41.0 Å². The highest BCUT2D eigenvalue weighted by Crippen LogP contribution is 2.32. The number of carbonyl (C=O) groups excluding carboxylic acids is 1. The summed E-state index contributed by atoms with van der Waals surface area (Å²) in [6, 6.07) is 8.47. The summed E-state index contributed by atoms with van der Waals surface area (Å²) in [5, 5.41) is 19.4. The van der Waals surface area contributed by atoms with Gasteiger partial charge >= 0.3 is 0 Å². The van der Waals surface area contributed by atoms with Gasteiger partial charge < -0.3 is 5.11 Å². The normalized spacial score (nSPS) is 14.8. The lowest BCUT2D eigenvalue weighted by molar-refractivity contribution is 0.104. The highest BCUT2D eigenvalue weighted by Gasteiger charge is 2.33. The van der Waals surface area contributed by atoms with E-state index < -0.39 is 11.3 Å². The average Bonchev–Trinajstić information content (AvgIpc) is 2.69. The van der Waals surface area contributed by atoms with Crippen LogP contribution >= 0.6 is 0 Å². The summed E-state index contributed by atoms with van der Waals surface area (Å²) < 4.78 is 0. The van der Waals surface area contributed by atoms with E-state index in [-0.39, 0.29) is 17.0 Å². The smallest absolute Gasteiger partial charge is 0.200 e. The first-order valence-corrected chi connectivity index (χ1v) is 5.96. The number of benzene rings is 1. The molecule has 0 unspecified atom stereocenters. The molecule has 4 heteroatoms. The number of hydrogen-bond acceptors (Lipinski definition) is 4. The summed E-state index contributed by atoms with van der Waals surface area (Å²) >= 11 is 0. The molecule has 2 rings (SSSR count). The molecule has 0 atom stereocenters. The second-order valence-corrected chi connectivity index (χ2v) is 4.87. The molecule has 0 fully saturated rings. The molecule has 0 saturated carbocycles. The number of aliphatic hydroxyl groups is 1. The van der Waals surface area contributed by atoms with Gasteiger partial charge in [0, 0.05) is 11.1 Å². The lowest BCUT2D eigenvalue weighted by atomic mass is 10.0. The molecule has 1 aromatic carbocycles. The fourth-order valence-electron chi connectivity index (χ4n) is 1.93. The third kappa shape index (κ3) is 2.08. The van der Waals surface area contributed by atoms with E-state index in [1.807, 2.05) is 6.07 Å². The standard InChI is InChI=1S/C16H12N2O2/c1-4-16(2,3)18-12(9-17)13-14(19)10-7-5-6-8-11(10)15(13)20/h1,5-8,19H,2-3H3. The van der Waals surface area contributed by atoms with Crippen molar-refractivity contribution in [2.75, 3.05) is 0 Å². The first-order chi connectivity index (χ1) is 9.41. The topological polar surface area (TPSA) is 73.4 Å². The number of fused-ring (bicyclic) bond motifs is 1. The summed E-state index contributed by atoms with van der Waals surface area (Å²) in [5.74, 6) is 1.79. The van der Waals surface area contributed by atoms with Crippen LogP contribution in [0.15, 0.2) is 34.8 Å². The van der Waals surface area contributed by atoms with Gasteiger partial charge in [-0.3, -0.25) is 9.79 Å². The van der Waals surface area contributed by atoms with Crippen LogP contribution in [0.5, 0.6) is 0 Å². The molecule has 0 bridgehead atoms. The number of nitrogens with zero attached hydrogens (tertiary/aromatic N) is 2. The van der Waals surface area contributed by atoms with E-state index in [0.717, 1.165) is 0 Å². The maximum atomic E-state index is 12.3. The van der Waals surface area contributed by atoms with Crippen LogP contribution in [0.3, 0.4) is 0 Å². The second kappa shape index (κ2) is 4.68. The van der Waals surface area contributed by atoms with Crippen molar-refractivity contribution in [2.24, 2.45) is 4.99 Å². The Kier molecular flexibility index (Phi) is 3.18. The fraction of sp³-hybridized carbons (Fsp3) is 0.188. The van der Waals surface area contributed by atoms with Crippen molar-refractivity contribution in [2.45, 2.75) is 19.4 Å². The van der Waals surface area contributed by atoms with Gasteiger partial charge in [-0.05, 0) is 13.8 Å². The maximum absolute atomic E-state index is 12.3. The molecule has 0 heterocycles. The minimum Gasteiger partial charge on any atom is -0.506 e. The van der Waals surface area contributed by atoms with Gasteiger partial charge in [-0.1, -0.05) is 30.2 Å². The maximum Gasteiger partial charge on any atom is 0.200 e. The van der Waals surface area contributed by atoms with Gasteiger partial charge in [-0.2, -0.15) is 5.26 Å². The summed E-state index contributed by atoms with van der Waals surface area (Å²) in [5.41, 5.74) is -0.382. The Morgan fingerprint density at radius 3 is 2.45 bits per heavy atom. The number of nitriles is 1. The van der Waals surface area contributed by atoms with Gasteiger partial charge in [0.15, 0.2) is 11.5 Å². The molecule has 20 heavy (non-hydrogen) atoms. The lowest BCUT2D eigenvalue weighted by Gasteiger charge is -2.12. The van der Waals surface area contributed by atoms with Crippen LogP contribution in [0.4, 0.5) is 0 Å². The predicted molar refractivity (Wildman–Crippen MR) is 76.3 cm³/mol. The molecule has 0 aliphatic heterocycles. The Morgan fingerprint density at radius 1 is 1.35 bits per heavy atom. The van der Waals surface area contributed by atoms with Crippen molar-refractivity contribution >= 4 is 17.3 Å². The van der Waals surface area contributed by atoms with Crippen molar-refractivity contribution in [3.8, 4) is 18.4 Å². The summed E-state index contributed by atoms with van der Waals surface area (Å²) in [4.78, 5) is 16.4. The summed E-state index contributed by atoms with van der Waals surface area (Å²) in [6.07, 6.45) is 5.33. The zero-order valence-electron chi connectivity index (χ0n) is 11.1. The van der Waals surface area contributed by atoms with Gasteiger partial charge in [0.2, 0.25) is 0 Å². The molecule has 4 nitrogen and oxygen atoms in total. The molecule has 1 aliphatic rings. The minimum absolute atomic E-state index is 0.0861. The lowest BCUT2D eigenvalue weighted by Crippen LogP contribution is -2.19. The molecular weight excluding hydrogens is 252 g/mol. The van der Waals surface area contributed by atoms with Crippen LogP contribution in [0, 0.1) is 23.7 Å². The number of aliphatic hydroxyl groups excluding tert-OH is 1. The molecule has 0 radical (unpaired) electrons. The van der Waals surface area contributed by atoms with Crippen LogP contribution in [-0.4, -0.2) is 22.1 Å². The van der Waals surface area contributed by atoms with Gasteiger partial charge in [0.05, 0.1) is 0 Å². The molecule has 1 aromatic rings. The first kappa shape index (κ1) is 13.6. The van der Waals surface area contributed by atoms with E-state index in [1.165, 1.54) is 0 Å². The summed E-state index contributed by atoms with van der Waals surface area (Å²) in [7, 11) is 0. The quantitative estimate of drug-likeness (QED) is 0.659. The minimum atomic E-state index is -0.923. The molecule has 0 saturated heterocycles. The van der Waals surface area contributed by atoms with Crippen LogP contribution in [0.25, 0.3) is 5.76 Å². The number of carbonyl (C=O) groups is 1. The zero-order chi connectivity index (χ0) is 14.9. The fourth-order valence-corrected chi connectivity index (χ4v) is 1.93. The average molecular weight is 264 g/mol. The van der Waals surface area contributed by atoms with Crippen LogP contribution in [0.2, 0.25) is 0 Å². The zero-order valence-corrected chi connectivity index (χ0v) is 11.1. The van der Waals surface area contributed by atoms with E-state index in [9.17, 15) is 15.2 Å². The number of allylic oxidation sites excluding steroid dienone is 1. The van der Waals surface area contributed by atoms with E-state index in [4.69, 9.17) is 6.42 Å². The monoisotopic (exact) mass is 264 g/mol. The first-order valence-electron chi connectivity index (χ1n) is 5.96. The Labute approximate surface area is 117 Å². The van der Waals surface area contributed by atoms with Crippen molar-refractivity contribution in [1.29, 1.82) is 5.26 Å². The highest BCUT2D eigenvalue weighted by atomic mass is 16.3. The number of rotatable bonds is 2. The van der Waals surface area contributed by atoms with Crippen molar-refractivity contribution in [3.63, 3.8) is 0 Å².